The van der Waals surface area contributed by atoms with Crippen LogP contribution in [0.25, 0.3) is 0 Å². The molecular formula is C19H26ClN5. The Kier molecular flexibility index (Phi) is 4.86. The maximum absolute atomic E-state index is 6.58. The van der Waals surface area contributed by atoms with Gasteiger partial charge in [0.2, 0.25) is 0 Å². The lowest BCUT2D eigenvalue weighted by molar-refractivity contribution is 0.261. The van der Waals surface area contributed by atoms with Crippen LogP contribution in [0.1, 0.15) is 25.8 Å². The van der Waals surface area contributed by atoms with Gasteiger partial charge in [-0.25, -0.2) is 0 Å². The van der Waals surface area contributed by atoms with Gasteiger partial charge < -0.3 is 15.1 Å². The molecule has 5 nitrogen and oxygen atoms in total. The quantitative estimate of drug-likeness (QED) is 0.886. The number of hydrogen-bond donors (Lipinski definition) is 1. The van der Waals surface area contributed by atoms with E-state index in [1.165, 1.54) is 11.4 Å². The van der Waals surface area contributed by atoms with Gasteiger partial charge in [-0.05, 0) is 37.6 Å². The van der Waals surface area contributed by atoms with Gasteiger partial charge in [0.25, 0.3) is 0 Å². The largest absolute Gasteiger partial charge is 0.380 e. The van der Waals surface area contributed by atoms with Gasteiger partial charge in [-0.15, -0.1) is 0 Å². The van der Waals surface area contributed by atoms with Crippen LogP contribution in [-0.4, -0.2) is 53.4 Å². The first-order chi connectivity index (χ1) is 12.2. The van der Waals surface area contributed by atoms with Crippen molar-refractivity contribution in [3.05, 3.63) is 41.7 Å². The van der Waals surface area contributed by atoms with Gasteiger partial charge in [-0.1, -0.05) is 24.6 Å². The Morgan fingerprint density at radius 3 is 2.64 bits per heavy atom. The second-order valence-corrected chi connectivity index (χ2v) is 7.42. The molecule has 2 aliphatic rings. The number of likely N-dealkylation sites (N-methyl/N-ethyl adjacent to an activating group) is 1. The summed E-state index contributed by atoms with van der Waals surface area (Å²) in [7, 11) is 0. The molecule has 6 heteroatoms. The van der Waals surface area contributed by atoms with Crippen LogP contribution in [0.4, 0.5) is 11.4 Å². The molecule has 2 fully saturated rings. The van der Waals surface area contributed by atoms with Gasteiger partial charge in [0, 0.05) is 44.6 Å². The number of nitrogens with zero attached hydrogens (tertiary/aromatic N) is 4. The summed E-state index contributed by atoms with van der Waals surface area (Å²) in [6, 6.07) is 9.20. The van der Waals surface area contributed by atoms with Gasteiger partial charge in [0.05, 0.1) is 22.4 Å². The van der Waals surface area contributed by atoms with Crippen LogP contribution in [0.2, 0.25) is 5.02 Å². The lowest BCUT2D eigenvalue weighted by atomic mass is 9.86. The molecule has 1 saturated carbocycles. The van der Waals surface area contributed by atoms with Crippen LogP contribution in [0.15, 0.2) is 36.7 Å². The van der Waals surface area contributed by atoms with Crippen LogP contribution < -0.4 is 10.2 Å². The van der Waals surface area contributed by atoms with E-state index in [1.807, 2.05) is 24.4 Å². The molecule has 1 aromatic heterocycles. The molecule has 1 N–H and O–H groups in total. The zero-order valence-electron chi connectivity index (χ0n) is 14.7. The van der Waals surface area contributed by atoms with E-state index in [-0.39, 0.29) is 0 Å². The van der Waals surface area contributed by atoms with Crippen molar-refractivity contribution in [1.82, 2.24) is 14.7 Å². The predicted octanol–water partition coefficient (Wildman–Crippen LogP) is 3.49. The molecule has 0 atom stereocenters. The highest BCUT2D eigenvalue weighted by molar-refractivity contribution is 6.34. The topological polar surface area (TPSA) is 36.3 Å². The number of anilines is 2. The Labute approximate surface area is 154 Å². The molecule has 1 aliphatic carbocycles. The first-order valence-electron chi connectivity index (χ1n) is 9.26. The fourth-order valence-electron chi connectivity index (χ4n) is 3.88. The highest BCUT2D eigenvalue weighted by Crippen LogP contribution is 2.39. The van der Waals surface area contributed by atoms with Crippen molar-refractivity contribution in [3.63, 3.8) is 0 Å². The average Bonchev–Trinajstić information content (AvgIpc) is 3.12. The molecule has 0 unspecified atom stereocenters. The Balaban J connectivity index is 1.43. The second kappa shape index (κ2) is 7.26. The molecule has 4 rings (SSSR count). The summed E-state index contributed by atoms with van der Waals surface area (Å²) >= 11 is 6.58. The number of halogens is 1. The minimum atomic E-state index is 0.489. The van der Waals surface area contributed by atoms with Gasteiger partial charge in [-0.2, -0.15) is 5.10 Å². The maximum Gasteiger partial charge on any atom is 0.0792 e. The summed E-state index contributed by atoms with van der Waals surface area (Å²) < 4.78 is 2.07. The number of benzene rings is 1. The number of para-hydroxylation sites is 1. The summed E-state index contributed by atoms with van der Waals surface area (Å²) in [5, 5.41) is 8.92. The van der Waals surface area contributed by atoms with E-state index in [0.717, 1.165) is 50.6 Å². The summed E-state index contributed by atoms with van der Waals surface area (Å²) in [6.45, 7) is 7.63. The fourth-order valence-corrected chi connectivity index (χ4v) is 4.17. The van der Waals surface area contributed by atoms with Crippen molar-refractivity contribution >= 4 is 23.0 Å². The first-order valence-corrected chi connectivity index (χ1v) is 9.64. The molecular weight excluding hydrogens is 334 g/mol. The van der Waals surface area contributed by atoms with Crippen LogP contribution in [-0.2, 0) is 0 Å². The van der Waals surface area contributed by atoms with Crippen LogP contribution in [0.3, 0.4) is 0 Å². The SMILES string of the molecule is CCN1CCN(c2c(Cl)cccc2NC2CC(n3cccn3)C2)CC1. The van der Waals surface area contributed by atoms with E-state index in [0.29, 0.717) is 12.1 Å². The van der Waals surface area contributed by atoms with Crippen LogP contribution in [0.5, 0.6) is 0 Å². The Bertz CT molecular complexity index is 688. The number of aromatic nitrogens is 2. The molecule has 0 radical (unpaired) electrons. The van der Waals surface area contributed by atoms with E-state index in [9.17, 15) is 0 Å². The van der Waals surface area contributed by atoms with E-state index >= 15 is 0 Å². The van der Waals surface area contributed by atoms with E-state index < -0.39 is 0 Å². The molecule has 0 bridgehead atoms. The second-order valence-electron chi connectivity index (χ2n) is 7.01. The molecule has 1 saturated heterocycles. The van der Waals surface area contributed by atoms with Crippen molar-refractivity contribution in [3.8, 4) is 0 Å². The number of nitrogens with one attached hydrogen (secondary N) is 1. The Morgan fingerprint density at radius 1 is 1.16 bits per heavy atom. The average molecular weight is 360 g/mol. The minimum absolute atomic E-state index is 0.489. The monoisotopic (exact) mass is 359 g/mol. The molecule has 0 spiro atoms. The summed E-state index contributed by atoms with van der Waals surface area (Å²) in [4.78, 5) is 4.92. The van der Waals surface area contributed by atoms with Crippen molar-refractivity contribution in [1.29, 1.82) is 0 Å². The number of rotatable bonds is 5. The van der Waals surface area contributed by atoms with Gasteiger partial charge >= 0.3 is 0 Å². The van der Waals surface area contributed by atoms with E-state index in [1.54, 1.807) is 0 Å². The lowest BCUT2D eigenvalue weighted by Gasteiger charge is -2.40. The van der Waals surface area contributed by atoms with Crippen LogP contribution >= 0.6 is 11.6 Å². The minimum Gasteiger partial charge on any atom is -0.380 e. The van der Waals surface area contributed by atoms with Gasteiger partial charge in [-0.3, -0.25) is 4.68 Å². The smallest absolute Gasteiger partial charge is 0.0792 e. The fraction of sp³-hybridized carbons (Fsp3) is 0.526. The lowest BCUT2D eigenvalue weighted by Crippen LogP contribution is -2.46. The molecule has 0 amide bonds. The Morgan fingerprint density at radius 2 is 1.96 bits per heavy atom. The van der Waals surface area contributed by atoms with E-state index in [2.05, 4.69) is 44.1 Å². The number of hydrogen-bond acceptors (Lipinski definition) is 4. The molecule has 2 aromatic rings. The van der Waals surface area contributed by atoms with Crippen molar-refractivity contribution in [2.24, 2.45) is 0 Å². The third-order valence-electron chi connectivity index (χ3n) is 5.49. The highest BCUT2D eigenvalue weighted by Gasteiger charge is 2.31. The summed E-state index contributed by atoms with van der Waals surface area (Å²) in [6.07, 6.45) is 6.12. The van der Waals surface area contributed by atoms with Gasteiger partial charge in [0.15, 0.2) is 0 Å². The summed E-state index contributed by atoms with van der Waals surface area (Å²) in [5.74, 6) is 0. The highest BCUT2D eigenvalue weighted by atomic mass is 35.5. The van der Waals surface area contributed by atoms with Crippen molar-refractivity contribution in [2.45, 2.75) is 31.8 Å². The Hall–Kier alpha value is -1.72. The predicted molar refractivity (Wildman–Crippen MR) is 104 cm³/mol. The van der Waals surface area contributed by atoms with Crippen LogP contribution in [0, 0.1) is 0 Å². The summed E-state index contributed by atoms with van der Waals surface area (Å²) in [5.41, 5.74) is 2.34. The van der Waals surface area contributed by atoms with E-state index in [4.69, 9.17) is 11.6 Å². The standard InChI is InChI=1S/C19H26ClN5/c1-2-23-9-11-24(12-10-23)19-17(20)5-3-6-18(19)22-15-13-16(14-15)25-8-4-7-21-25/h3-8,15-16,22H,2,9-14H2,1H3. The molecule has 2 heterocycles. The molecule has 1 aromatic carbocycles. The first kappa shape index (κ1) is 16.7. The maximum atomic E-state index is 6.58. The third-order valence-corrected chi connectivity index (χ3v) is 5.80. The van der Waals surface area contributed by atoms with Gasteiger partial charge in [0.1, 0.15) is 0 Å². The normalized spacial score (nSPS) is 24.2. The molecule has 1 aliphatic heterocycles. The molecule has 25 heavy (non-hydrogen) atoms. The zero-order chi connectivity index (χ0) is 17.2. The third kappa shape index (κ3) is 3.48. The van der Waals surface area contributed by atoms with Crippen molar-refractivity contribution in [2.75, 3.05) is 42.9 Å². The molecule has 134 valence electrons. The zero-order valence-corrected chi connectivity index (χ0v) is 15.5. The van der Waals surface area contributed by atoms with Crippen molar-refractivity contribution < 1.29 is 0 Å². The number of piperazine rings is 1.